The van der Waals surface area contributed by atoms with Crippen LogP contribution in [0.2, 0.25) is 0 Å². The van der Waals surface area contributed by atoms with Crippen LogP contribution in [-0.2, 0) is 64.3 Å². The maximum atomic E-state index is 0. The van der Waals surface area contributed by atoms with Gasteiger partial charge in [0.25, 0.3) is 0 Å². The molecule has 0 atom stereocenters. The van der Waals surface area contributed by atoms with E-state index in [1.165, 1.54) is 0 Å². The minimum atomic E-state index is 0. The van der Waals surface area contributed by atoms with Crippen molar-refractivity contribution >= 4 is 17.4 Å². The maximum Gasteiger partial charge on any atom is 0.187 e. The van der Waals surface area contributed by atoms with Gasteiger partial charge in [-0.05, 0) is 0 Å². The fourth-order valence-electron chi connectivity index (χ4n) is 0. The van der Waals surface area contributed by atoms with Crippen LogP contribution in [0.15, 0.2) is 0 Å². The predicted molar refractivity (Wildman–Crippen MR) is 9.94 cm³/mol. The van der Waals surface area contributed by atoms with E-state index in [1.54, 1.807) is 0 Å². The summed E-state index contributed by atoms with van der Waals surface area (Å²) in [5, 5.41) is 0. The van der Waals surface area contributed by atoms with Gasteiger partial charge in [-0.3, -0.25) is 0 Å². The quantitative estimate of drug-likeness (QED) is 0.487. The molecule has 0 heterocycles. The van der Waals surface area contributed by atoms with Gasteiger partial charge in [0.05, 0.1) is 0 Å². The van der Waals surface area contributed by atoms with Crippen molar-refractivity contribution in [1.29, 1.82) is 0 Å². The predicted octanol–water partition coefficient (Wildman–Crippen LogP) is -1.19. The number of hydrogen-bond acceptors (Lipinski definition) is 0. The standard InChI is InChI=1S/Al.Fe.Mo.Zr.3H. The van der Waals surface area contributed by atoms with Crippen molar-refractivity contribution in [3.8, 4) is 0 Å². The van der Waals surface area contributed by atoms with E-state index >= 15 is 0 Å². The van der Waals surface area contributed by atoms with Crippen LogP contribution in [0.1, 0.15) is 0 Å². The second-order valence-corrected chi connectivity index (χ2v) is 0. The summed E-state index contributed by atoms with van der Waals surface area (Å²) in [4.78, 5) is 0. The van der Waals surface area contributed by atoms with Crippen LogP contribution in [0.25, 0.3) is 0 Å². The number of hydrogen-bond donors (Lipinski definition) is 0. The van der Waals surface area contributed by atoms with Crippen molar-refractivity contribution in [2.75, 3.05) is 0 Å². The summed E-state index contributed by atoms with van der Waals surface area (Å²) in [6.07, 6.45) is 0. The van der Waals surface area contributed by atoms with Crippen LogP contribution < -0.4 is 0 Å². The Morgan fingerprint density at radius 1 is 1.00 bits per heavy atom. The van der Waals surface area contributed by atoms with E-state index in [-0.39, 0.29) is 81.7 Å². The van der Waals surface area contributed by atoms with Crippen molar-refractivity contribution in [3.05, 3.63) is 0 Å². The summed E-state index contributed by atoms with van der Waals surface area (Å²) in [6, 6.07) is 0. The van der Waals surface area contributed by atoms with Crippen molar-refractivity contribution in [1.82, 2.24) is 0 Å². The topological polar surface area (TPSA) is 0 Å². The molecule has 24 valence electrons. The van der Waals surface area contributed by atoms with E-state index in [9.17, 15) is 0 Å². The summed E-state index contributed by atoms with van der Waals surface area (Å²) in [6.45, 7) is 0. The molecule has 4 heavy (non-hydrogen) atoms. The van der Waals surface area contributed by atoms with E-state index in [0.29, 0.717) is 0 Å². The fraction of sp³-hybridized carbons (Fsp3) is 0. The Bertz CT molecular complexity index is 8.00. The molecule has 0 aromatic carbocycles. The van der Waals surface area contributed by atoms with Crippen LogP contribution in [0, 0.1) is 0 Å². The molecule has 0 spiro atoms. The van der Waals surface area contributed by atoms with Gasteiger partial charge in [0, 0.05) is 64.3 Å². The van der Waals surface area contributed by atoms with Crippen LogP contribution in [-0.4, -0.2) is 17.4 Å². The van der Waals surface area contributed by atoms with Gasteiger partial charge in [0.1, 0.15) is 0 Å². The van der Waals surface area contributed by atoms with Crippen LogP contribution in [0.4, 0.5) is 0 Å². The average Bonchev–Trinajstić information content (AvgIpc) is 0. The van der Waals surface area contributed by atoms with Gasteiger partial charge in [-0.25, -0.2) is 0 Å². The van der Waals surface area contributed by atoms with E-state index < -0.39 is 0 Å². The first-order chi connectivity index (χ1) is 0. The average molecular weight is 273 g/mol. The van der Waals surface area contributed by atoms with Crippen molar-refractivity contribution < 1.29 is 64.3 Å². The molecule has 0 aromatic rings. The van der Waals surface area contributed by atoms with Crippen molar-refractivity contribution in [2.45, 2.75) is 0 Å². The minimum Gasteiger partial charge on any atom is 0 e. The Balaban J connectivity index is 0. The fourth-order valence-corrected chi connectivity index (χ4v) is 0. The Kier molecular flexibility index (Phi) is 133. The summed E-state index contributed by atoms with van der Waals surface area (Å²) >= 11 is 0. The maximum absolute atomic E-state index is 0. The van der Waals surface area contributed by atoms with Gasteiger partial charge in [-0.2, -0.15) is 0 Å². The van der Waals surface area contributed by atoms with Crippen molar-refractivity contribution in [2.24, 2.45) is 0 Å². The molecule has 0 rings (SSSR count). The first-order valence-electron chi connectivity index (χ1n) is 0. The molecule has 4 heteroatoms. The van der Waals surface area contributed by atoms with Gasteiger partial charge in [-0.15, -0.1) is 0 Å². The Labute approximate surface area is 80.5 Å². The molecule has 0 aromatic heterocycles. The molecular weight excluding hydrogens is 270 g/mol. The van der Waals surface area contributed by atoms with E-state index in [4.69, 9.17) is 0 Å². The molecule has 0 bridgehead atoms. The smallest absolute Gasteiger partial charge is 0 e. The third kappa shape index (κ3) is 8.82. The van der Waals surface area contributed by atoms with Crippen LogP contribution in [0.3, 0.4) is 0 Å². The van der Waals surface area contributed by atoms with Gasteiger partial charge < -0.3 is 0 Å². The summed E-state index contributed by atoms with van der Waals surface area (Å²) < 4.78 is 0. The molecule has 0 nitrogen and oxygen atoms in total. The molecule has 0 unspecified atom stereocenters. The summed E-state index contributed by atoms with van der Waals surface area (Å²) in [5.74, 6) is 0. The van der Waals surface area contributed by atoms with E-state index in [0.717, 1.165) is 0 Å². The second kappa shape index (κ2) is 17.5. The molecular formula is H3AlFeMoZr. The zero-order valence-electron chi connectivity index (χ0n) is 1.26. The van der Waals surface area contributed by atoms with Gasteiger partial charge in [0.15, 0.2) is 17.4 Å². The largest absolute Gasteiger partial charge is 0.187 e. The van der Waals surface area contributed by atoms with Crippen molar-refractivity contribution in [3.63, 3.8) is 0 Å². The summed E-state index contributed by atoms with van der Waals surface area (Å²) in [7, 11) is 0. The number of rotatable bonds is 0. The SMILES string of the molecule is [AlH3].[Fe].[Mo].[Zr]. The third-order valence-electron chi connectivity index (χ3n) is 0. The minimum absolute atomic E-state index is 0. The van der Waals surface area contributed by atoms with Crippen LogP contribution in [0.5, 0.6) is 0 Å². The van der Waals surface area contributed by atoms with E-state index in [2.05, 4.69) is 0 Å². The molecule has 0 aliphatic heterocycles. The molecule has 0 saturated carbocycles. The molecule has 0 aliphatic rings. The van der Waals surface area contributed by atoms with Crippen LogP contribution >= 0.6 is 0 Å². The third-order valence-corrected chi connectivity index (χ3v) is 0. The van der Waals surface area contributed by atoms with E-state index in [1.807, 2.05) is 0 Å². The molecule has 0 N–H and O–H groups in total. The first kappa shape index (κ1) is 30.4. The second-order valence-electron chi connectivity index (χ2n) is 0. The molecule has 0 saturated heterocycles. The summed E-state index contributed by atoms with van der Waals surface area (Å²) in [5.41, 5.74) is 0. The van der Waals surface area contributed by atoms with Gasteiger partial charge in [-0.1, -0.05) is 0 Å². The Morgan fingerprint density at radius 3 is 1.00 bits per heavy atom. The molecule has 0 fully saturated rings. The normalized spacial score (nSPS) is 0. The zero-order valence-corrected chi connectivity index (χ0v) is 6.83. The Hall–Kier alpha value is 2.62. The Morgan fingerprint density at radius 2 is 1.00 bits per heavy atom. The van der Waals surface area contributed by atoms with Gasteiger partial charge >= 0.3 is 0 Å². The molecule has 0 amide bonds. The monoisotopic (exact) mass is 274 g/mol. The first-order valence-corrected chi connectivity index (χ1v) is 0. The van der Waals surface area contributed by atoms with Gasteiger partial charge in [0.2, 0.25) is 0 Å². The zero-order chi connectivity index (χ0) is 0. The molecule has 0 aliphatic carbocycles. The molecule has 0 radical (unpaired) electrons.